The molecule has 0 unspecified atom stereocenters. The van der Waals surface area contributed by atoms with Crippen LogP contribution in [0.25, 0.3) is 11.1 Å². The Balaban J connectivity index is 1.36. The minimum Gasteiger partial charge on any atom is -0.408 e. The van der Waals surface area contributed by atoms with E-state index in [4.69, 9.17) is 8.94 Å². The molecular weight excluding hydrogens is 439 g/mol. The van der Waals surface area contributed by atoms with Crippen molar-refractivity contribution >= 4 is 21.1 Å². The van der Waals surface area contributed by atoms with E-state index in [-0.39, 0.29) is 29.5 Å². The van der Waals surface area contributed by atoms with E-state index < -0.39 is 21.6 Å². The number of oxazole rings is 1. The van der Waals surface area contributed by atoms with Gasteiger partial charge in [0.1, 0.15) is 5.82 Å². The molecule has 0 radical (unpaired) electrons. The Morgan fingerprint density at radius 3 is 2.66 bits per heavy atom. The highest BCUT2D eigenvalue weighted by Gasteiger charge is 2.26. The lowest BCUT2D eigenvalue weighted by Crippen LogP contribution is -2.23. The summed E-state index contributed by atoms with van der Waals surface area (Å²) in [5.74, 6) is 0.164. The third-order valence-electron chi connectivity index (χ3n) is 5.57. The molecular formula is C21H19FN4O5S. The number of sulfonamides is 1. The average Bonchev–Trinajstić information content (AvgIpc) is 3.30. The van der Waals surface area contributed by atoms with Gasteiger partial charge in [-0.3, -0.25) is 4.57 Å². The van der Waals surface area contributed by atoms with Crippen LogP contribution in [-0.4, -0.2) is 23.1 Å². The molecule has 1 fully saturated rings. The second-order valence-electron chi connectivity index (χ2n) is 7.71. The zero-order valence-corrected chi connectivity index (χ0v) is 17.6. The molecule has 9 nitrogen and oxygen atoms in total. The van der Waals surface area contributed by atoms with Crippen molar-refractivity contribution in [3.63, 3.8) is 0 Å². The number of rotatable bonds is 7. The van der Waals surface area contributed by atoms with Crippen LogP contribution in [0.2, 0.25) is 0 Å². The summed E-state index contributed by atoms with van der Waals surface area (Å²) in [7, 11) is -3.88. The van der Waals surface area contributed by atoms with Gasteiger partial charge in [0.25, 0.3) is 0 Å². The smallest absolute Gasteiger partial charge is 0.408 e. The van der Waals surface area contributed by atoms with Gasteiger partial charge >= 0.3 is 5.76 Å². The molecule has 5 rings (SSSR count). The standard InChI is InChI=1S/C21H19FN4O5S/c22-15-6-4-13(5-7-15)11-23-32(28,29)16-8-9-17-18(10-16)30-21(27)26(17)12-19-24-20(31-25-19)14-2-1-3-14/h4-10,14,23H,1-3,11-12H2. The summed E-state index contributed by atoms with van der Waals surface area (Å²) < 4.78 is 52.6. The van der Waals surface area contributed by atoms with Crippen molar-refractivity contribution in [1.82, 2.24) is 19.4 Å². The summed E-state index contributed by atoms with van der Waals surface area (Å²) in [5.41, 5.74) is 1.15. The third-order valence-corrected chi connectivity index (χ3v) is 6.97. The van der Waals surface area contributed by atoms with Gasteiger partial charge in [-0.2, -0.15) is 4.98 Å². The van der Waals surface area contributed by atoms with Gasteiger partial charge in [-0.15, -0.1) is 0 Å². The van der Waals surface area contributed by atoms with Crippen molar-refractivity contribution < 1.29 is 21.7 Å². The van der Waals surface area contributed by atoms with E-state index in [1.807, 2.05) is 0 Å². The molecule has 0 bridgehead atoms. The lowest BCUT2D eigenvalue weighted by molar-refractivity contribution is 0.291. The molecule has 1 N–H and O–H groups in total. The van der Waals surface area contributed by atoms with Crippen molar-refractivity contribution in [3.05, 3.63) is 76.1 Å². The molecule has 2 heterocycles. The van der Waals surface area contributed by atoms with E-state index in [9.17, 15) is 17.6 Å². The molecule has 0 aliphatic heterocycles. The highest BCUT2D eigenvalue weighted by Crippen LogP contribution is 2.35. The number of fused-ring (bicyclic) bond motifs is 1. The highest BCUT2D eigenvalue weighted by molar-refractivity contribution is 7.89. The molecule has 32 heavy (non-hydrogen) atoms. The molecule has 0 amide bonds. The zero-order valence-electron chi connectivity index (χ0n) is 16.8. The Labute approximate surface area is 181 Å². The van der Waals surface area contributed by atoms with Crippen molar-refractivity contribution in [2.24, 2.45) is 0 Å². The van der Waals surface area contributed by atoms with Crippen molar-refractivity contribution in [2.75, 3.05) is 0 Å². The maximum Gasteiger partial charge on any atom is 0.420 e. The van der Waals surface area contributed by atoms with E-state index in [2.05, 4.69) is 14.9 Å². The van der Waals surface area contributed by atoms with E-state index >= 15 is 0 Å². The Kier molecular flexibility index (Phi) is 5.14. The predicted molar refractivity (Wildman–Crippen MR) is 111 cm³/mol. The van der Waals surface area contributed by atoms with Crippen LogP contribution in [-0.2, 0) is 23.1 Å². The number of hydrogen-bond acceptors (Lipinski definition) is 7. The first-order chi connectivity index (χ1) is 15.4. The first kappa shape index (κ1) is 20.6. The van der Waals surface area contributed by atoms with Crippen molar-refractivity contribution in [2.45, 2.75) is 43.2 Å². The Bertz CT molecular complexity index is 1440. The molecule has 1 aliphatic carbocycles. The largest absolute Gasteiger partial charge is 0.420 e. The van der Waals surface area contributed by atoms with Crippen LogP contribution >= 0.6 is 0 Å². The maximum atomic E-state index is 13.0. The molecule has 1 aliphatic rings. The Hall–Kier alpha value is -3.31. The van der Waals surface area contributed by atoms with Gasteiger partial charge in [0, 0.05) is 18.5 Å². The number of halogens is 1. The van der Waals surface area contributed by atoms with Crippen molar-refractivity contribution in [3.8, 4) is 0 Å². The monoisotopic (exact) mass is 458 g/mol. The molecule has 0 atom stereocenters. The van der Waals surface area contributed by atoms with Gasteiger partial charge in [0.05, 0.1) is 17.0 Å². The van der Waals surface area contributed by atoms with Crippen LogP contribution in [0.1, 0.15) is 42.5 Å². The lowest BCUT2D eigenvalue weighted by Gasteiger charge is -2.20. The maximum absolute atomic E-state index is 13.0. The van der Waals surface area contributed by atoms with Crippen LogP contribution < -0.4 is 10.5 Å². The third kappa shape index (κ3) is 3.96. The fourth-order valence-corrected chi connectivity index (χ4v) is 4.55. The fraction of sp³-hybridized carbons (Fsp3) is 0.286. The number of nitrogens with one attached hydrogen (secondary N) is 1. The van der Waals surface area contributed by atoms with Gasteiger partial charge in [-0.25, -0.2) is 22.3 Å². The number of hydrogen-bond donors (Lipinski definition) is 1. The molecule has 1 saturated carbocycles. The number of benzene rings is 2. The first-order valence-corrected chi connectivity index (χ1v) is 11.6. The fourth-order valence-electron chi connectivity index (χ4n) is 3.52. The molecule has 2 aromatic carbocycles. The summed E-state index contributed by atoms with van der Waals surface area (Å²) >= 11 is 0. The van der Waals surface area contributed by atoms with Crippen LogP contribution in [0.4, 0.5) is 4.39 Å². The predicted octanol–water partition coefficient (Wildman–Crippen LogP) is 2.91. The molecule has 4 aromatic rings. The number of aromatic nitrogens is 3. The van der Waals surface area contributed by atoms with E-state index in [1.54, 1.807) is 0 Å². The molecule has 2 aromatic heterocycles. The number of nitrogens with zero attached hydrogens (tertiary/aromatic N) is 3. The summed E-state index contributed by atoms with van der Waals surface area (Å²) in [4.78, 5) is 16.7. The summed E-state index contributed by atoms with van der Waals surface area (Å²) in [6.07, 6.45) is 3.17. The van der Waals surface area contributed by atoms with Crippen LogP contribution in [0.3, 0.4) is 0 Å². The SMILES string of the molecule is O=c1oc2cc(S(=O)(=O)NCc3ccc(F)cc3)ccc2n1Cc1noc(C2CCC2)n1. The molecule has 0 saturated heterocycles. The summed E-state index contributed by atoms with van der Waals surface area (Å²) in [5, 5.41) is 3.94. The van der Waals surface area contributed by atoms with Gasteiger partial charge in [0.2, 0.25) is 15.9 Å². The van der Waals surface area contributed by atoms with Crippen LogP contribution in [0.5, 0.6) is 0 Å². The molecule has 166 valence electrons. The van der Waals surface area contributed by atoms with Crippen molar-refractivity contribution in [1.29, 1.82) is 0 Å². The normalized spacial score (nSPS) is 14.7. The second-order valence-corrected chi connectivity index (χ2v) is 9.48. The second kappa shape index (κ2) is 7.99. The van der Waals surface area contributed by atoms with Crippen LogP contribution in [0, 0.1) is 5.82 Å². The first-order valence-electron chi connectivity index (χ1n) is 10.1. The molecule has 11 heteroatoms. The summed E-state index contributed by atoms with van der Waals surface area (Å²) in [6, 6.07) is 9.67. The quantitative estimate of drug-likeness (QED) is 0.452. The van der Waals surface area contributed by atoms with Gasteiger partial charge < -0.3 is 8.94 Å². The minimum absolute atomic E-state index is 0.00718. The topological polar surface area (TPSA) is 120 Å². The van der Waals surface area contributed by atoms with Gasteiger partial charge in [-0.1, -0.05) is 23.7 Å². The van der Waals surface area contributed by atoms with Crippen LogP contribution in [0.15, 0.2) is 61.1 Å². The Morgan fingerprint density at radius 1 is 1.16 bits per heavy atom. The minimum atomic E-state index is -3.88. The molecule has 0 spiro atoms. The lowest BCUT2D eigenvalue weighted by atomic mass is 9.85. The van der Waals surface area contributed by atoms with E-state index in [0.717, 1.165) is 19.3 Å². The highest BCUT2D eigenvalue weighted by atomic mass is 32.2. The van der Waals surface area contributed by atoms with Gasteiger partial charge in [0.15, 0.2) is 11.4 Å². The summed E-state index contributed by atoms with van der Waals surface area (Å²) in [6.45, 7) is 0.0454. The average molecular weight is 458 g/mol. The van der Waals surface area contributed by atoms with E-state index in [1.165, 1.54) is 47.0 Å². The zero-order chi connectivity index (χ0) is 22.3. The van der Waals surface area contributed by atoms with Gasteiger partial charge in [-0.05, 0) is 42.7 Å². The van der Waals surface area contributed by atoms with E-state index in [0.29, 0.717) is 22.8 Å². The Morgan fingerprint density at radius 2 is 1.94 bits per heavy atom.